The Hall–Kier alpha value is -4.40. The first-order valence-corrected chi connectivity index (χ1v) is 15.4. The topological polar surface area (TPSA) is 112 Å². The summed E-state index contributed by atoms with van der Waals surface area (Å²) >= 11 is 0. The highest BCUT2D eigenvalue weighted by atomic mass is 32.2. The molecule has 0 saturated carbocycles. The lowest BCUT2D eigenvalue weighted by atomic mass is 9.98. The fourth-order valence-electron chi connectivity index (χ4n) is 5.33. The number of fused-ring (bicyclic) bond motifs is 1. The van der Waals surface area contributed by atoms with Gasteiger partial charge in [0.1, 0.15) is 12.4 Å². The quantitative estimate of drug-likeness (QED) is 0.185. The second kappa shape index (κ2) is 12.2. The van der Waals surface area contributed by atoms with Crippen molar-refractivity contribution in [2.75, 3.05) is 0 Å². The molecule has 5 rings (SSSR count). The summed E-state index contributed by atoms with van der Waals surface area (Å²) in [5.74, 6) is -0.442. The molecule has 0 unspecified atom stereocenters. The number of nitrogens with two attached hydrogens (primary N) is 1. The number of hydrogen-bond donors (Lipinski definition) is 2. The van der Waals surface area contributed by atoms with Crippen LogP contribution in [0, 0.1) is 6.92 Å². The molecule has 7 nitrogen and oxygen atoms in total. The van der Waals surface area contributed by atoms with Crippen LogP contribution in [0.4, 0.5) is 0 Å². The SMILES string of the molecule is CCCc1cc(C)ccc1S(=O)(=O)n1ccc2cc(COc3ccccc3CC(=O)O)cc(-c3cccc(CN)c3)c21. The highest BCUT2D eigenvalue weighted by Crippen LogP contribution is 2.35. The van der Waals surface area contributed by atoms with Crippen LogP contribution in [-0.2, 0) is 40.8 Å². The van der Waals surface area contributed by atoms with Gasteiger partial charge < -0.3 is 15.6 Å². The van der Waals surface area contributed by atoms with Gasteiger partial charge in [-0.2, -0.15) is 0 Å². The summed E-state index contributed by atoms with van der Waals surface area (Å²) in [6.45, 7) is 4.53. The Morgan fingerprint density at radius 1 is 0.929 bits per heavy atom. The number of carboxylic acids is 1. The average Bonchev–Trinajstić information content (AvgIpc) is 3.41. The van der Waals surface area contributed by atoms with Crippen molar-refractivity contribution in [2.45, 2.75) is 51.2 Å². The van der Waals surface area contributed by atoms with Crippen LogP contribution in [0.1, 0.15) is 41.2 Å². The second-order valence-corrected chi connectivity index (χ2v) is 12.2. The van der Waals surface area contributed by atoms with E-state index in [0.29, 0.717) is 34.7 Å². The zero-order valence-electron chi connectivity index (χ0n) is 23.7. The van der Waals surface area contributed by atoms with Crippen molar-refractivity contribution >= 4 is 26.9 Å². The summed E-state index contributed by atoms with van der Waals surface area (Å²) in [7, 11) is -3.92. The van der Waals surface area contributed by atoms with E-state index >= 15 is 0 Å². The van der Waals surface area contributed by atoms with Gasteiger partial charge in [0.2, 0.25) is 0 Å². The maximum atomic E-state index is 14.2. The van der Waals surface area contributed by atoms with Crippen LogP contribution in [0.5, 0.6) is 5.75 Å². The van der Waals surface area contributed by atoms with Gasteiger partial charge in [-0.05, 0) is 72.0 Å². The monoisotopic (exact) mass is 582 g/mol. The molecule has 0 aliphatic rings. The van der Waals surface area contributed by atoms with Crippen molar-refractivity contribution in [3.63, 3.8) is 0 Å². The van der Waals surface area contributed by atoms with E-state index in [1.54, 1.807) is 42.6 Å². The van der Waals surface area contributed by atoms with E-state index in [-0.39, 0.29) is 13.0 Å². The van der Waals surface area contributed by atoms with E-state index in [1.807, 2.05) is 62.4 Å². The standard InChI is InChI=1S/C34H34N2O5S/c1-3-7-28-16-23(2)12-13-32(28)42(39,40)36-15-14-29-18-25(22-41-31-11-5-4-9-27(31)20-33(37)38)19-30(34(29)36)26-10-6-8-24(17-26)21-35/h4-6,8-19H,3,7,20-22,35H2,1-2H3,(H,37,38). The van der Waals surface area contributed by atoms with E-state index < -0.39 is 16.0 Å². The highest BCUT2D eigenvalue weighted by molar-refractivity contribution is 7.90. The molecule has 4 aromatic carbocycles. The van der Waals surface area contributed by atoms with Crippen LogP contribution in [0.15, 0.2) is 96.0 Å². The van der Waals surface area contributed by atoms with Gasteiger partial charge in [-0.3, -0.25) is 4.79 Å². The summed E-state index contributed by atoms with van der Waals surface area (Å²) < 4.78 is 35.9. The number of carbonyl (C=O) groups is 1. The maximum Gasteiger partial charge on any atom is 0.307 e. The summed E-state index contributed by atoms with van der Waals surface area (Å²) in [4.78, 5) is 11.6. The smallest absolute Gasteiger partial charge is 0.307 e. The van der Waals surface area contributed by atoms with E-state index in [4.69, 9.17) is 10.5 Å². The molecule has 0 bridgehead atoms. The van der Waals surface area contributed by atoms with Gasteiger partial charge in [0.15, 0.2) is 0 Å². The highest BCUT2D eigenvalue weighted by Gasteiger charge is 2.24. The Balaban J connectivity index is 1.65. The average molecular weight is 583 g/mol. The molecule has 0 atom stereocenters. The molecule has 216 valence electrons. The minimum atomic E-state index is -3.92. The zero-order valence-corrected chi connectivity index (χ0v) is 24.5. The van der Waals surface area contributed by atoms with Crippen molar-refractivity contribution < 1.29 is 23.1 Å². The largest absolute Gasteiger partial charge is 0.489 e. The number of aromatic nitrogens is 1. The molecule has 3 N–H and O–H groups in total. The molecule has 0 radical (unpaired) electrons. The van der Waals surface area contributed by atoms with Gasteiger partial charge in [0, 0.05) is 29.3 Å². The normalized spacial score (nSPS) is 11.6. The number of aryl methyl sites for hydroxylation is 2. The molecule has 0 aliphatic heterocycles. The molecule has 5 aromatic rings. The van der Waals surface area contributed by atoms with Gasteiger partial charge in [0.25, 0.3) is 10.0 Å². The van der Waals surface area contributed by atoms with E-state index in [0.717, 1.165) is 45.2 Å². The number of para-hydroxylation sites is 1. The van der Waals surface area contributed by atoms with Gasteiger partial charge in [-0.15, -0.1) is 0 Å². The number of carboxylic acid groups (broad SMARTS) is 1. The minimum Gasteiger partial charge on any atom is -0.489 e. The number of hydrogen-bond acceptors (Lipinski definition) is 5. The molecule has 42 heavy (non-hydrogen) atoms. The lowest BCUT2D eigenvalue weighted by Crippen LogP contribution is -2.15. The molecular formula is C34H34N2O5S. The third-order valence-electron chi connectivity index (χ3n) is 7.26. The number of rotatable bonds is 11. The predicted octanol–water partition coefficient (Wildman–Crippen LogP) is 6.47. The zero-order chi connectivity index (χ0) is 29.9. The first-order valence-electron chi connectivity index (χ1n) is 13.9. The van der Waals surface area contributed by atoms with E-state index in [9.17, 15) is 18.3 Å². The summed E-state index contributed by atoms with van der Waals surface area (Å²) in [5.41, 5.74) is 12.2. The Morgan fingerprint density at radius 3 is 2.50 bits per heavy atom. The van der Waals surface area contributed by atoms with Crippen molar-refractivity contribution in [3.05, 3.63) is 119 Å². The van der Waals surface area contributed by atoms with Crippen LogP contribution in [0.25, 0.3) is 22.0 Å². The second-order valence-electron chi connectivity index (χ2n) is 10.4. The van der Waals surface area contributed by atoms with Gasteiger partial charge in [0.05, 0.1) is 16.8 Å². The Bertz CT molecular complexity index is 1870. The molecule has 0 saturated heterocycles. The van der Waals surface area contributed by atoms with Gasteiger partial charge >= 0.3 is 5.97 Å². The van der Waals surface area contributed by atoms with Crippen LogP contribution in [-0.4, -0.2) is 23.5 Å². The first-order chi connectivity index (χ1) is 20.2. The number of ether oxygens (including phenoxy) is 1. The molecule has 1 heterocycles. The lowest BCUT2D eigenvalue weighted by Gasteiger charge is -2.16. The summed E-state index contributed by atoms with van der Waals surface area (Å²) in [6, 6.07) is 26.0. The number of aliphatic carboxylic acids is 1. The van der Waals surface area contributed by atoms with Crippen LogP contribution in [0.3, 0.4) is 0 Å². The molecule has 8 heteroatoms. The molecule has 0 fully saturated rings. The van der Waals surface area contributed by atoms with Gasteiger partial charge in [-0.25, -0.2) is 12.4 Å². The van der Waals surface area contributed by atoms with Crippen molar-refractivity contribution in [2.24, 2.45) is 5.73 Å². The van der Waals surface area contributed by atoms with Crippen molar-refractivity contribution in [1.82, 2.24) is 3.97 Å². The molecule has 0 amide bonds. The lowest BCUT2D eigenvalue weighted by molar-refractivity contribution is -0.136. The molecular weight excluding hydrogens is 548 g/mol. The first kappa shape index (κ1) is 29.1. The van der Waals surface area contributed by atoms with E-state index in [1.165, 1.54) is 3.97 Å². The minimum absolute atomic E-state index is 0.147. The third kappa shape index (κ3) is 5.95. The fraction of sp³-hybridized carbons (Fsp3) is 0.206. The predicted molar refractivity (Wildman–Crippen MR) is 165 cm³/mol. The Kier molecular flexibility index (Phi) is 8.47. The van der Waals surface area contributed by atoms with E-state index in [2.05, 4.69) is 0 Å². The third-order valence-corrected chi connectivity index (χ3v) is 9.04. The van der Waals surface area contributed by atoms with Crippen molar-refractivity contribution in [1.29, 1.82) is 0 Å². The molecule has 0 spiro atoms. The van der Waals surface area contributed by atoms with Crippen LogP contribution >= 0.6 is 0 Å². The Labute approximate surface area is 246 Å². The summed E-state index contributed by atoms with van der Waals surface area (Å²) in [6.07, 6.45) is 2.95. The number of benzene rings is 4. The molecule has 0 aliphatic carbocycles. The van der Waals surface area contributed by atoms with Crippen LogP contribution in [0.2, 0.25) is 0 Å². The van der Waals surface area contributed by atoms with Gasteiger partial charge in [-0.1, -0.05) is 67.4 Å². The summed E-state index contributed by atoms with van der Waals surface area (Å²) in [5, 5.41) is 10.0. The van der Waals surface area contributed by atoms with Crippen molar-refractivity contribution in [3.8, 4) is 16.9 Å². The fourth-order valence-corrected chi connectivity index (χ4v) is 6.94. The number of nitrogens with zero attached hydrogens (tertiary/aromatic N) is 1. The van der Waals surface area contributed by atoms with Crippen LogP contribution < -0.4 is 10.5 Å². The maximum absolute atomic E-state index is 14.2. The molecule has 1 aromatic heterocycles. The Morgan fingerprint density at radius 2 is 1.74 bits per heavy atom.